The SMILES string of the molecule is CN(C)CCNCCSc1ccccc1. The lowest BCUT2D eigenvalue weighted by Crippen LogP contribution is -2.27. The Hall–Kier alpha value is -0.510. The predicted octanol–water partition coefficient (Wildman–Crippen LogP) is 1.93. The highest BCUT2D eigenvalue weighted by Crippen LogP contribution is 2.15. The minimum atomic E-state index is 1.07. The molecule has 1 aromatic rings. The summed E-state index contributed by atoms with van der Waals surface area (Å²) in [7, 11) is 4.20. The minimum absolute atomic E-state index is 1.07. The highest BCUT2D eigenvalue weighted by atomic mass is 32.2. The molecule has 0 radical (unpaired) electrons. The first-order chi connectivity index (χ1) is 7.29. The molecule has 0 aliphatic heterocycles. The van der Waals surface area contributed by atoms with E-state index >= 15 is 0 Å². The van der Waals surface area contributed by atoms with Crippen LogP contribution in [0, 0.1) is 0 Å². The van der Waals surface area contributed by atoms with E-state index < -0.39 is 0 Å². The van der Waals surface area contributed by atoms with Crippen molar-refractivity contribution < 1.29 is 0 Å². The number of nitrogens with one attached hydrogen (secondary N) is 1. The molecule has 0 bridgehead atoms. The first-order valence-corrected chi connectivity index (χ1v) is 6.31. The standard InChI is InChI=1S/C12H20N2S/c1-14(2)10-8-13-9-11-15-12-6-4-3-5-7-12/h3-7,13H,8-11H2,1-2H3. The monoisotopic (exact) mass is 224 g/mol. The summed E-state index contributed by atoms with van der Waals surface area (Å²) in [6, 6.07) is 10.5. The summed E-state index contributed by atoms with van der Waals surface area (Å²) in [5.74, 6) is 1.14. The Morgan fingerprint density at radius 1 is 1.13 bits per heavy atom. The Labute approximate surface area is 97.1 Å². The van der Waals surface area contributed by atoms with E-state index in [-0.39, 0.29) is 0 Å². The lowest BCUT2D eigenvalue weighted by Gasteiger charge is -2.09. The van der Waals surface area contributed by atoms with E-state index in [2.05, 4.69) is 54.6 Å². The molecule has 2 nitrogen and oxygen atoms in total. The molecule has 0 aromatic heterocycles. The van der Waals surface area contributed by atoms with Gasteiger partial charge in [-0.1, -0.05) is 18.2 Å². The van der Waals surface area contributed by atoms with Crippen LogP contribution in [-0.2, 0) is 0 Å². The summed E-state index contributed by atoms with van der Waals surface area (Å²) in [5.41, 5.74) is 0. The van der Waals surface area contributed by atoms with Gasteiger partial charge in [0, 0.05) is 30.3 Å². The van der Waals surface area contributed by atoms with Crippen molar-refractivity contribution in [3.63, 3.8) is 0 Å². The van der Waals surface area contributed by atoms with Crippen LogP contribution in [0.1, 0.15) is 0 Å². The Bertz CT molecular complexity index is 249. The fourth-order valence-corrected chi connectivity index (χ4v) is 2.02. The van der Waals surface area contributed by atoms with Gasteiger partial charge in [-0.15, -0.1) is 11.8 Å². The van der Waals surface area contributed by atoms with E-state index in [1.807, 2.05) is 11.8 Å². The maximum absolute atomic E-state index is 3.42. The molecular weight excluding hydrogens is 204 g/mol. The van der Waals surface area contributed by atoms with Gasteiger partial charge in [-0.05, 0) is 26.2 Å². The number of hydrogen-bond acceptors (Lipinski definition) is 3. The number of rotatable bonds is 7. The number of benzene rings is 1. The normalized spacial score (nSPS) is 10.9. The second kappa shape index (κ2) is 7.74. The summed E-state index contributed by atoms with van der Waals surface area (Å²) in [6.07, 6.45) is 0. The largest absolute Gasteiger partial charge is 0.315 e. The van der Waals surface area contributed by atoms with E-state index in [0.29, 0.717) is 0 Å². The van der Waals surface area contributed by atoms with Crippen molar-refractivity contribution in [3.8, 4) is 0 Å². The van der Waals surface area contributed by atoms with E-state index in [4.69, 9.17) is 0 Å². The van der Waals surface area contributed by atoms with Gasteiger partial charge in [-0.25, -0.2) is 0 Å². The Balaban J connectivity index is 1.98. The van der Waals surface area contributed by atoms with Crippen molar-refractivity contribution in [1.82, 2.24) is 10.2 Å². The topological polar surface area (TPSA) is 15.3 Å². The molecule has 1 aromatic carbocycles. The van der Waals surface area contributed by atoms with E-state index in [9.17, 15) is 0 Å². The molecule has 15 heavy (non-hydrogen) atoms. The quantitative estimate of drug-likeness (QED) is 0.563. The lowest BCUT2D eigenvalue weighted by molar-refractivity contribution is 0.403. The van der Waals surface area contributed by atoms with Crippen molar-refractivity contribution >= 4 is 11.8 Å². The average molecular weight is 224 g/mol. The average Bonchev–Trinajstić information content (AvgIpc) is 2.24. The lowest BCUT2D eigenvalue weighted by atomic mass is 10.4. The molecule has 1 N–H and O–H groups in total. The van der Waals surface area contributed by atoms with Crippen LogP contribution in [0.5, 0.6) is 0 Å². The molecule has 0 unspecified atom stereocenters. The maximum Gasteiger partial charge on any atom is 0.0106 e. The molecule has 0 aliphatic carbocycles. The second-order valence-corrected chi connectivity index (χ2v) is 4.88. The fraction of sp³-hybridized carbons (Fsp3) is 0.500. The van der Waals surface area contributed by atoms with E-state index in [1.54, 1.807) is 0 Å². The highest BCUT2D eigenvalue weighted by Gasteiger charge is 1.92. The Kier molecular flexibility index (Phi) is 6.48. The summed E-state index contributed by atoms with van der Waals surface area (Å²) in [6.45, 7) is 3.26. The number of thioether (sulfide) groups is 1. The molecule has 0 atom stereocenters. The molecule has 0 fully saturated rings. The van der Waals surface area contributed by atoms with Crippen LogP contribution >= 0.6 is 11.8 Å². The van der Waals surface area contributed by atoms with Crippen molar-refractivity contribution in [2.24, 2.45) is 0 Å². The fourth-order valence-electron chi connectivity index (χ4n) is 1.19. The Morgan fingerprint density at radius 3 is 2.53 bits per heavy atom. The zero-order valence-corrected chi connectivity index (χ0v) is 10.4. The van der Waals surface area contributed by atoms with Crippen LogP contribution in [0.25, 0.3) is 0 Å². The third-order valence-electron chi connectivity index (χ3n) is 2.03. The van der Waals surface area contributed by atoms with Crippen LogP contribution in [0.4, 0.5) is 0 Å². The van der Waals surface area contributed by atoms with Crippen molar-refractivity contribution in [3.05, 3.63) is 30.3 Å². The summed E-state index contributed by atoms with van der Waals surface area (Å²) >= 11 is 1.90. The first-order valence-electron chi connectivity index (χ1n) is 5.32. The van der Waals surface area contributed by atoms with Crippen LogP contribution in [0.3, 0.4) is 0 Å². The van der Waals surface area contributed by atoms with Crippen LogP contribution in [0.2, 0.25) is 0 Å². The predicted molar refractivity (Wildman–Crippen MR) is 68.6 cm³/mol. The summed E-state index contributed by atoms with van der Waals surface area (Å²) < 4.78 is 0. The van der Waals surface area contributed by atoms with Crippen molar-refractivity contribution in [2.45, 2.75) is 4.90 Å². The van der Waals surface area contributed by atoms with Crippen molar-refractivity contribution in [1.29, 1.82) is 0 Å². The molecule has 0 amide bonds. The molecule has 84 valence electrons. The van der Waals surface area contributed by atoms with Gasteiger partial charge in [0.1, 0.15) is 0 Å². The van der Waals surface area contributed by atoms with Gasteiger partial charge < -0.3 is 10.2 Å². The van der Waals surface area contributed by atoms with Gasteiger partial charge in [-0.2, -0.15) is 0 Å². The van der Waals surface area contributed by atoms with Crippen molar-refractivity contribution in [2.75, 3.05) is 39.5 Å². The maximum atomic E-state index is 3.42. The molecular formula is C12H20N2S. The van der Waals surface area contributed by atoms with E-state index in [0.717, 1.165) is 25.4 Å². The summed E-state index contributed by atoms with van der Waals surface area (Å²) in [5, 5.41) is 3.42. The summed E-state index contributed by atoms with van der Waals surface area (Å²) in [4.78, 5) is 3.55. The zero-order valence-electron chi connectivity index (χ0n) is 9.57. The van der Waals surface area contributed by atoms with Gasteiger partial charge in [0.05, 0.1) is 0 Å². The van der Waals surface area contributed by atoms with Crippen LogP contribution in [-0.4, -0.2) is 44.4 Å². The molecule has 0 heterocycles. The van der Waals surface area contributed by atoms with Crippen LogP contribution in [0.15, 0.2) is 35.2 Å². The highest BCUT2D eigenvalue weighted by molar-refractivity contribution is 7.99. The number of likely N-dealkylation sites (N-methyl/N-ethyl adjacent to an activating group) is 1. The molecule has 0 spiro atoms. The minimum Gasteiger partial charge on any atom is -0.315 e. The molecule has 0 saturated carbocycles. The molecule has 3 heteroatoms. The van der Waals surface area contributed by atoms with Gasteiger partial charge in [0.25, 0.3) is 0 Å². The molecule has 0 aliphatic rings. The molecule has 0 saturated heterocycles. The number of hydrogen-bond donors (Lipinski definition) is 1. The third-order valence-corrected chi connectivity index (χ3v) is 3.04. The van der Waals surface area contributed by atoms with Gasteiger partial charge >= 0.3 is 0 Å². The zero-order chi connectivity index (χ0) is 10.9. The number of nitrogens with zero attached hydrogens (tertiary/aromatic N) is 1. The Morgan fingerprint density at radius 2 is 1.87 bits per heavy atom. The van der Waals surface area contributed by atoms with Crippen LogP contribution < -0.4 is 5.32 Å². The second-order valence-electron chi connectivity index (χ2n) is 3.71. The van der Waals surface area contributed by atoms with Gasteiger partial charge in [0.2, 0.25) is 0 Å². The van der Waals surface area contributed by atoms with Gasteiger partial charge in [0.15, 0.2) is 0 Å². The molecule has 1 rings (SSSR count). The third kappa shape index (κ3) is 6.55. The van der Waals surface area contributed by atoms with E-state index in [1.165, 1.54) is 4.90 Å². The smallest absolute Gasteiger partial charge is 0.0106 e. The first kappa shape index (κ1) is 12.6. The van der Waals surface area contributed by atoms with Gasteiger partial charge in [-0.3, -0.25) is 0 Å².